The lowest BCUT2D eigenvalue weighted by molar-refractivity contribution is -0.131. The summed E-state index contributed by atoms with van der Waals surface area (Å²) in [5, 5.41) is 3.20. The number of amides is 1. The van der Waals surface area contributed by atoms with Crippen molar-refractivity contribution in [2.75, 3.05) is 52.4 Å². The summed E-state index contributed by atoms with van der Waals surface area (Å²) in [6.45, 7) is 7.45. The number of carbonyl (C=O) groups excluding carboxylic acids is 1. The predicted molar refractivity (Wildman–Crippen MR) is 101 cm³/mol. The first-order chi connectivity index (χ1) is 11.9. The van der Waals surface area contributed by atoms with Crippen molar-refractivity contribution < 1.29 is 17.9 Å². The van der Waals surface area contributed by atoms with Crippen LogP contribution in [-0.4, -0.2) is 92.4 Å². The van der Waals surface area contributed by atoms with Gasteiger partial charge in [-0.25, -0.2) is 0 Å². The number of piperazine rings is 1. The van der Waals surface area contributed by atoms with Crippen LogP contribution in [0.4, 0.5) is 0 Å². The molecule has 152 valence electrons. The van der Waals surface area contributed by atoms with E-state index in [2.05, 4.69) is 5.32 Å². The molecular weight excluding hydrogens is 380 g/mol. The number of ether oxygens (including phenoxy) is 1. The minimum Gasteiger partial charge on any atom is -0.373 e. The molecule has 1 N–H and O–H groups in total. The lowest BCUT2D eigenvalue weighted by Crippen LogP contribution is -2.58. The Morgan fingerprint density at radius 1 is 1.04 bits per heavy atom. The van der Waals surface area contributed by atoms with Gasteiger partial charge in [0, 0.05) is 39.3 Å². The summed E-state index contributed by atoms with van der Waals surface area (Å²) in [5.41, 5.74) is 0. The van der Waals surface area contributed by atoms with Crippen LogP contribution in [0.1, 0.15) is 26.7 Å². The van der Waals surface area contributed by atoms with Crippen molar-refractivity contribution in [3.63, 3.8) is 0 Å². The average Bonchev–Trinajstić information content (AvgIpc) is 3.38. The van der Waals surface area contributed by atoms with Crippen molar-refractivity contribution in [2.24, 2.45) is 5.92 Å². The monoisotopic (exact) mass is 410 g/mol. The van der Waals surface area contributed by atoms with Crippen LogP contribution in [0.25, 0.3) is 0 Å². The maximum Gasteiger partial charge on any atom is 0.282 e. The van der Waals surface area contributed by atoms with E-state index in [9.17, 15) is 13.2 Å². The third-order valence-corrected chi connectivity index (χ3v) is 7.00. The first-order valence-corrected chi connectivity index (χ1v) is 10.6. The fourth-order valence-electron chi connectivity index (χ4n) is 3.47. The van der Waals surface area contributed by atoms with Gasteiger partial charge < -0.3 is 15.0 Å². The summed E-state index contributed by atoms with van der Waals surface area (Å²) >= 11 is 0. The Morgan fingerprint density at radius 3 is 2.15 bits per heavy atom. The van der Waals surface area contributed by atoms with E-state index in [0.717, 1.165) is 12.5 Å². The number of carbonyl (C=O) groups is 1. The maximum atomic E-state index is 12.8. The standard InChI is InChI=1S/C16H30N4O4S.ClH/c1-13-11-20(12-14(2)24-13)25(22,23)19-7-5-18(6-8-19)16(21)10-17-9-15-3-4-15;/h13-15,17H,3-12H2,1-2H3;1H. The molecule has 1 amide bonds. The summed E-state index contributed by atoms with van der Waals surface area (Å²) in [6.07, 6.45) is 2.32. The third-order valence-electron chi connectivity index (χ3n) is 5.04. The maximum absolute atomic E-state index is 12.8. The Balaban J connectivity index is 0.00000243. The summed E-state index contributed by atoms with van der Waals surface area (Å²) < 4.78 is 34.3. The molecule has 0 radical (unpaired) electrons. The molecule has 1 aliphatic carbocycles. The van der Waals surface area contributed by atoms with Gasteiger partial charge in [-0.2, -0.15) is 17.0 Å². The highest BCUT2D eigenvalue weighted by molar-refractivity contribution is 7.86. The number of morpholine rings is 1. The number of rotatable bonds is 6. The molecule has 8 nitrogen and oxygen atoms in total. The van der Waals surface area contributed by atoms with Crippen molar-refractivity contribution in [1.82, 2.24) is 18.8 Å². The zero-order valence-electron chi connectivity index (χ0n) is 15.6. The molecule has 1 saturated carbocycles. The van der Waals surface area contributed by atoms with E-state index in [0.29, 0.717) is 45.8 Å². The molecule has 2 saturated heterocycles. The molecule has 26 heavy (non-hydrogen) atoms. The average molecular weight is 411 g/mol. The van der Waals surface area contributed by atoms with Gasteiger partial charge in [0.25, 0.3) is 10.2 Å². The van der Waals surface area contributed by atoms with Crippen LogP contribution in [0.2, 0.25) is 0 Å². The SMILES string of the molecule is CC1CN(S(=O)(=O)N2CCN(C(=O)CNCC3CC3)CC2)CC(C)O1.Cl. The molecule has 2 atom stereocenters. The van der Waals surface area contributed by atoms with Crippen LogP contribution >= 0.6 is 12.4 Å². The van der Waals surface area contributed by atoms with Crippen LogP contribution in [0.15, 0.2) is 0 Å². The molecule has 3 rings (SSSR count). The van der Waals surface area contributed by atoms with E-state index >= 15 is 0 Å². The topological polar surface area (TPSA) is 82.2 Å². The molecule has 2 unspecified atom stereocenters. The molecule has 10 heteroatoms. The Morgan fingerprint density at radius 2 is 1.62 bits per heavy atom. The molecule has 0 aromatic carbocycles. The highest BCUT2D eigenvalue weighted by Gasteiger charge is 2.37. The third kappa shape index (κ3) is 5.53. The van der Waals surface area contributed by atoms with Gasteiger partial charge in [0.15, 0.2) is 0 Å². The molecule has 0 aromatic rings. The first-order valence-electron chi connectivity index (χ1n) is 9.25. The summed E-state index contributed by atoms with van der Waals surface area (Å²) in [4.78, 5) is 14.0. The van der Waals surface area contributed by atoms with Gasteiger partial charge in [0.2, 0.25) is 5.91 Å². The molecule has 0 aromatic heterocycles. The zero-order chi connectivity index (χ0) is 18.0. The van der Waals surface area contributed by atoms with E-state index in [1.807, 2.05) is 13.8 Å². The van der Waals surface area contributed by atoms with Gasteiger partial charge in [-0.15, -0.1) is 12.4 Å². The van der Waals surface area contributed by atoms with E-state index in [1.54, 1.807) is 4.90 Å². The van der Waals surface area contributed by atoms with Crippen molar-refractivity contribution in [1.29, 1.82) is 0 Å². The summed E-state index contributed by atoms with van der Waals surface area (Å²) in [7, 11) is -3.49. The normalized spacial score (nSPS) is 28.6. The number of nitrogens with zero attached hydrogens (tertiary/aromatic N) is 3. The minimum absolute atomic E-state index is 0. The molecular formula is C16H31ClN4O4S. The van der Waals surface area contributed by atoms with Crippen molar-refractivity contribution in [3.8, 4) is 0 Å². The Bertz CT molecular complexity index is 569. The largest absolute Gasteiger partial charge is 0.373 e. The first kappa shape index (κ1) is 21.8. The highest BCUT2D eigenvalue weighted by atomic mass is 35.5. The van der Waals surface area contributed by atoms with E-state index in [-0.39, 0.29) is 30.5 Å². The van der Waals surface area contributed by atoms with Crippen molar-refractivity contribution in [3.05, 3.63) is 0 Å². The van der Waals surface area contributed by atoms with Gasteiger partial charge in [0.05, 0.1) is 18.8 Å². The second-order valence-corrected chi connectivity index (χ2v) is 9.36. The van der Waals surface area contributed by atoms with Crippen LogP contribution in [0.3, 0.4) is 0 Å². The molecule has 3 fully saturated rings. The fourth-order valence-corrected chi connectivity index (χ4v) is 5.22. The second-order valence-electron chi connectivity index (χ2n) is 7.44. The van der Waals surface area contributed by atoms with Crippen LogP contribution < -0.4 is 5.32 Å². The van der Waals surface area contributed by atoms with Gasteiger partial charge in [-0.3, -0.25) is 4.79 Å². The molecule has 3 aliphatic rings. The molecule has 0 spiro atoms. The molecule has 2 heterocycles. The number of hydrogen-bond donors (Lipinski definition) is 1. The van der Waals surface area contributed by atoms with Gasteiger partial charge in [-0.1, -0.05) is 0 Å². The summed E-state index contributed by atoms with van der Waals surface area (Å²) in [6, 6.07) is 0. The van der Waals surface area contributed by atoms with Gasteiger partial charge in [-0.05, 0) is 39.2 Å². The molecule has 2 aliphatic heterocycles. The second kappa shape index (κ2) is 9.16. The predicted octanol–water partition coefficient (Wildman–Crippen LogP) is -0.0940. The highest BCUT2D eigenvalue weighted by Crippen LogP contribution is 2.27. The fraction of sp³-hybridized carbons (Fsp3) is 0.938. The molecule has 0 bridgehead atoms. The van der Waals surface area contributed by atoms with E-state index < -0.39 is 10.2 Å². The number of halogens is 1. The van der Waals surface area contributed by atoms with E-state index in [4.69, 9.17) is 4.74 Å². The lowest BCUT2D eigenvalue weighted by atomic mass is 10.3. The van der Waals surface area contributed by atoms with Gasteiger partial charge >= 0.3 is 0 Å². The number of nitrogens with one attached hydrogen (secondary N) is 1. The zero-order valence-corrected chi connectivity index (χ0v) is 17.2. The van der Waals surface area contributed by atoms with Crippen molar-refractivity contribution >= 4 is 28.5 Å². The van der Waals surface area contributed by atoms with Crippen LogP contribution in [0, 0.1) is 5.92 Å². The quantitative estimate of drug-likeness (QED) is 0.661. The Kier molecular flexibility index (Phi) is 7.70. The Hall–Kier alpha value is -0.450. The van der Waals surface area contributed by atoms with Crippen molar-refractivity contribution in [2.45, 2.75) is 38.9 Å². The summed E-state index contributed by atoms with van der Waals surface area (Å²) in [5.74, 6) is 0.805. The van der Waals surface area contributed by atoms with Crippen LogP contribution in [-0.2, 0) is 19.7 Å². The Labute approximate surface area is 162 Å². The van der Waals surface area contributed by atoms with Crippen LogP contribution in [0.5, 0.6) is 0 Å². The lowest BCUT2D eigenvalue weighted by Gasteiger charge is -2.40. The van der Waals surface area contributed by atoms with E-state index in [1.165, 1.54) is 21.5 Å². The smallest absolute Gasteiger partial charge is 0.282 e. The number of hydrogen-bond acceptors (Lipinski definition) is 5. The minimum atomic E-state index is -3.49. The van der Waals surface area contributed by atoms with Gasteiger partial charge in [0.1, 0.15) is 0 Å².